The number of hydrogen-bond donors (Lipinski definition) is 2. The zero-order chi connectivity index (χ0) is 13.8. The maximum atomic E-state index is 10.6. The number of thioether (sulfide) groups is 1. The summed E-state index contributed by atoms with van der Waals surface area (Å²) in [5.74, 6) is 1.52. The first kappa shape index (κ1) is 14.5. The lowest BCUT2D eigenvalue weighted by atomic mass is 10.2. The quantitative estimate of drug-likeness (QED) is 0.845. The van der Waals surface area contributed by atoms with Crippen molar-refractivity contribution < 1.29 is 19.4 Å². The van der Waals surface area contributed by atoms with Crippen LogP contribution in [0.25, 0.3) is 0 Å². The van der Waals surface area contributed by atoms with Crippen molar-refractivity contribution in [3.05, 3.63) is 22.2 Å². The van der Waals surface area contributed by atoms with Crippen molar-refractivity contribution in [1.29, 1.82) is 0 Å². The van der Waals surface area contributed by atoms with E-state index in [4.69, 9.17) is 20.3 Å². The van der Waals surface area contributed by atoms with Crippen LogP contribution in [0.15, 0.2) is 16.6 Å². The molecule has 0 saturated heterocycles. The van der Waals surface area contributed by atoms with Gasteiger partial charge in [0.25, 0.3) is 0 Å². The second kappa shape index (κ2) is 6.49. The van der Waals surface area contributed by atoms with E-state index in [0.717, 1.165) is 21.5 Å². The Morgan fingerprint density at radius 1 is 1.42 bits per heavy atom. The highest BCUT2D eigenvalue weighted by atomic mass is 79.9. The van der Waals surface area contributed by atoms with Crippen LogP contribution >= 0.6 is 27.7 Å². The maximum absolute atomic E-state index is 10.6. The minimum atomic E-state index is -0.978. The van der Waals surface area contributed by atoms with E-state index in [-0.39, 0.29) is 0 Å². The molecule has 104 valence electrons. The fraction of sp³-hybridized carbons (Fsp3) is 0.417. The second-order valence-electron chi connectivity index (χ2n) is 4.05. The molecule has 0 fully saturated rings. The molecule has 0 spiro atoms. The third-order valence-electron chi connectivity index (χ3n) is 2.58. The number of ether oxygens (including phenoxy) is 2. The molecule has 1 aliphatic heterocycles. The van der Waals surface area contributed by atoms with Gasteiger partial charge in [0.15, 0.2) is 11.5 Å². The average molecular weight is 348 g/mol. The van der Waals surface area contributed by atoms with Gasteiger partial charge in [-0.1, -0.05) is 15.9 Å². The summed E-state index contributed by atoms with van der Waals surface area (Å²) in [4.78, 5) is 10.6. The van der Waals surface area contributed by atoms with E-state index >= 15 is 0 Å². The van der Waals surface area contributed by atoms with E-state index in [2.05, 4.69) is 15.9 Å². The minimum absolute atomic E-state index is 0.371. The lowest BCUT2D eigenvalue weighted by Gasteiger charge is -2.20. The first-order valence-electron chi connectivity index (χ1n) is 5.72. The fourth-order valence-corrected chi connectivity index (χ4v) is 3.21. The molecule has 1 atom stereocenters. The van der Waals surface area contributed by atoms with Crippen LogP contribution in [0.1, 0.15) is 5.56 Å². The predicted molar refractivity (Wildman–Crippen MR) is 76.9 cm³/mol. The zero-order valence-corrected chi connectivity index (χ0v) is 12.5. The Labute approximate surface area is 123 Å². The van der Waals surface area contributed by atoms with Crippen molar-refractivity contribution in [2.75, 3.05) is 19.0 Å². The number of halogens is 1. The van der Waals surface area contributed by atoms with Gasteiger partial charge in [-0.3, -0.25) is 4.79 Å². The van der Waals surface area contributed by atoms with Crippen molar-refractivity contribution in [3.63, 3.8) is 0 Å². The highest BCUT2D eigenvalue weighted by molar-refractivity contribution is 9.10. The van der Waals surface area contributed by atoms with Gasteiger partial charge in [0, 0.05) is 16.0 Å². The molecule has 0 bridgehead atoms. The van der Waals surface area contributed by atoms with Gasteiger partial charge in [-0.25, -0.2) is 0 Å². The highest BCUT2D eigenvalue weighted by Crippen LogP contribution is 2.36. The summed E-state index contributed by atoms with van der Waals surface area (Å²) in [7, 11) is 0. The Bertz CT molecular complexity index is 483. The average Bonchev–Trinajstić information content (AvgIpc) is 2.39. The van der Waals surface area contributed by atoms with E-state index in [1.807, 2.05) is 12.1 Å². The lowest BCUT2D eigenvalue weighted by molar-refractivity contribution is -0.137. The Kier molecular flexibility index (Phi) is 4.95. The van der Waals surface area contributed by atoms with Crippen LogP contribution in [0.2, 0.25) is 0 Å². The number of carbonyl (C=O) groups is 1. The molecule has 2 rings (SSSR count). The van der Waals surface area contributed by atoms with Crippen LogP contribution in [0, 0.1) is 0 Å². The van der Waals surface area contributed by atoms with Gasteiger partial charge in [-0.15, -0.1) is 0 Å². The van der Waals surface area contributed by atoms with Crippen LogP contribution in [-0.4, -0.2) is 36.1 Å². The molecule has 1 aliphatic rings. The number of nitrogens with two attached hydrogens (primary N) is 1. The van der Waals surface area contributed by atoms with Crippen LogP contribution in [0.3, 0.4) is 0 Å². The van der Waals surface area contributed by atoms with Crippen molar-refractivity contribution >= 4 is 33.7 Å². The van der Waals surface area contributed by atoms with E-state index in [0.29, 0.717) is 24.7 Å². The molecule has 5 nitrogen and oxygen atoms in total. The molecule has 1 unspecified atom stereocenters. The summed E-state index contributed by atoms with van der Waals surface area (Å²) in [6.45, 7) is 1.10. The Morgan fingerprint density at radius 2 is 2.05 bits per heavy atom. The van der Waals surface area contributed by atoms with E-state index in [1.54, 1.807) is 0 Å². The van der Waals surface area contributed by atoms with Gasteiger partial charge in [-0.2, -0.15) is 11.8 Å². The third kappa shape index (κ3) is 3.77. The summed E-state index contributed by atoms with van der Waals surface area (Å²) in [5, 5.41) is 8.71. The maximum Gasteiger partial charge on any atom is 0.321 e. The van der Waals surface area contributed by atoms with Crippen molar-refractivity contribution in [2.24, 2.45) is 5.73 Å². The molecule has 19 heavy (non-hydrogen) atoms. The smallest absolute Gasteiger partial charge is 0.321 e. The molecule has 0 aliphatic carbocycles. The van der Waals surface area contributed by atoms with Gasteiger partial charge in [0.05, 0.1) is 0 Å². The van der Waals surface area contributed by atoms with Crippen molar-refractivity contribution in [2.45, 2.75) is 11.8 Å². The zero-order valence-electron chi connectivity index (χ0n) is 10.1. The monoisotopic (exact) mass is 347 g/mol. The van der Waals surface area contributed by atoms with E-state index in [1.165, 1.54) is 11.8 Å². The Balaban J connectivity index is 1.98. The van der Waals surface area contributed by atoms with E-state index < -0.39 is 12.0 Å². The third-order valence-corrected chi connectivity index (χ3v) is 4.43. The summed E-state index contributed by atoms with van der Waals surface area (Å²) in [6.07, 6.45) is 0. The molecule has 7 heteroatoms. The van der Waals surface area contributed by atoms with Crippen molar-refractivity contribution in [3.8, 4) is 11.5 Å². The first-order valence-corrected chi connectivity index (χ1v) is 7.67. The SMILES string of the molecule is NC(CSCc1cc2c(cc1Br)OCCO2)C(=O)O. The number of hydrogen-bond acceptors (Lipinski definition) is 5. The molecule has 3 N–H and O–H groups in total. The molecule has 1 heterocycles. The first-order chi connectivity index (χ1) is 9.08. The van der Waals surface area contributed by atoms with E-state index in [9.17, 15) is 4.79 Å². The van der Waals surface area contributed by atoms with Crippen LogP contribution < -0.4 is 15.2 Å². The number of benzene rings is 1. The standard InChI is InChI=1S/C12H14BrNO4S/c13-8-4-11-10(17-1-2-18-11)3-7(8)5-19-6-9(14)12(15)16/h3-4,9H,1-2,5-6,14H2,(H,15,16). The minimum Gasteiger partial charge on any atom is -0.486 e. The van der Waals surface area contributed by atoms with Gasteiger partial charge in [0.1, 0.15) is 19.3 Å². The molecular formula is C12H14BrNO4S. The molecule has 0 amide bonds. The number of fused-ring (bicyclic) bond motifs is 1. The molecule has 0 radical (unpaired) electrons. The van der Waals surface area contributed by atoms with Crippen molar-refractivity contribution in [1.82, 2.24) is 0 Å². The van der Waals surface area contributed by atoms with Gasteiger partial charge in [-0.05, 0) is 17.7 Å². The topological polar surface area (TPSA) is 81.8 Å². The number of carboxylic acid groups (broad SMARTS) is 1. The number of rotatable bonds is 5. The largest absolute Gasteiger partial charge is 0.486 e. The lowest BCUT2D eigenvalue weighted by Crippen LogP contribution is -2.32. The molecular weight excluding hydrogens is 334 g/mol. The van der Waals surface area contributed by atoms with Crippen LogP contribution in [0.4, 0.5) is 0 Å². The molecule has 1 aromatic carbocycles. The summed E-state index contributed by atoms with van der Waals surface area (Å²) < 4.78 is 11.9. The molecule has 1 aromatic rings. The molecule has 0 saturated carbocycles. The Hall–Kier alpha value is -0.920. The molecule has 0 aromatic heterocycles. The van der Waals surface area contributed by atoms with Gasteiger partial charge < -0.3 is 20.3 Å². The van der Waals surface area contributed by atoms with Gasteiger partial charge in [0.2, 0.25) is 0 Å². The number of carboxylic acids is 1. The summed E-state index contributed by atoms with van der Waals surface area (Å²) in [6, 6.07) is 2.96. The summed E-state index contributed by atoms with van der Waals surface area (Å²) in [5.41, 5.74) is 6.49. The van der Waals surface area contributed by atoms with Gasteiger partial charge >= 0.3 is 5.97 Å². The highest BCUT2D eigenvalue weighted by Gasteiger charge is 2.16. The second-order valence-corrected chi connectivity index (χ2v) is 5.93. The van der Waals surface area contributed by atoms with Crippen LogP contribution in [0.5, 0.6) is 11.5 Å². The predicted octanol–water partition coefficient (Wildman–Crippen LogP) is 1.87. The Morgan fingerprint density at radius 3 is 2.68 bits per heavy atom. The summed E-state index contributed by atoms with van der Waals surface area (Å²) >= 11 is 4.95. The fourth-order valence-electron chi connectivity index (χ4n) is 1.58. The number of aliphatic carboxylic acids is 1. The van der Waals surface area contributed by atoms with Crippen LogP contribution in [-0.2, 0) is 10.5 Å². The normalized spacial score (nSPS) is 15.1.